The van der Waals surface area contributed by atoms with Crippen LogP contribution in [0.5, 0.6) is 5.75 Å². The van der Waals surface area contributed by atoms with Crippen LogP contribution in [0.3, 0.4) is 0 Å². The van der Waals surface area contributed by atoms with Gasteiger partial charge in [-0.3, -0.25) is 0 Å². The molecule has 2 heteroatoms. The third kappa shape index (κ3) is 2.63. The van der Waals surface area contributed by atoms with Crippen molar-refractivity contribution >= 4 is 0 Å². The normalized spacial score (nSPS) is 16.5. The molecule has 0 aromatic heterocycles. The van der Waals surface area contributed by atoms with Gasteiger partial charge < -0.3 is 10.1 Å². The molecule has 1 aliphatic rings. The Morgan fingerprint density at radius 3 is 2.76 bits per heavy atom. The van der Waals surface area contributed by atoms with Crippen molar-refractivity contribution in [3.63, 3.8) is 0 Å². The Labute approximate surface area is 104 Å². The Hall–Kier alpha value is -1.02. The Kier molecular flexibility index (Phi) is 3.43. The minimum Gasteiger partial charge on any atom is -0.493 e. The van der Waals surface area contributed by atoms with Gasteiger partial charge in [0.15, 0.2) is 0 Å². The first kappa shape index (κ1) is 12.4. The second kappa shape index (κ2) is 4.69. The summed E-state index contributed by atoms with van der Waals surface area (Å²) in [4.78, 5) is 0. The van der Waals surface area contributed by atoms with E-state index in [1.165, 1.54) is 11.1 Å². The van der Waals surface area contributed by atoms with Crippen LogP contribution in [0.2, 0.25) is 0 Å². The van der Waals surface area contributed by atoms with Gasteiger partial charge in [0.2, 0.25) is 0 Å². The molecule has 1 atom stereocenters. The highest BCUT2D eigenvalue weighted by molar-refractivity contribution is 5.41. The lowest BCUT2D eigenvalue weighted by Crippen LogP contribution is -2.32. The van der Waals surface area contributed by atoms with Crippen LogP contribution in [0.25, 0.3) is 0 Å². The van der Waals surface area contributed by atoms with Crippen molar-refractivity contribution in [2.45, 2.75) is 40.2 Å². The lowest BCUT2D eigenvalue weighted by Gasteiger charge is -2.32. The van der Waals surface area contributed by atoms with Gasteiger partial charge in [-0.05, 0) is 29.2 Å². The van der Waals surface area contributed by atoms with Gasteiger partial charge in [0.25, 0.3) is 0 Å². The van der Waals surface area contributed by atoms with E-state index in [2.05, 4.69) is 51.2 Å². The predicted octanol–water partition coefficient (Wildman–Crippen LogP) is 3.32. The maximum atomic E-state index is 5.56. The fourth-order valence-corrected chi connectivity index (χ4v) is 2.51. The highest BCUT2D eigenvalue weighted by Crippen LogP contribution is 2.35. The Balaban J connectivity index is 2.30. The summed E-state index contributed by atoms with van der Waals surface area (Å²) >= 11 is 0. The molecule has 0 bridgehead atoms. The maximum Gasteiger partial charge on any atom is 0.122 e. The van der Waals surface area contributed by atoms with Crippen molar-refractivity contribution in [3.05, 3.63) is 29.3 Å². The molecular weight excluding hydrogens is 210 g/mol. The number of hydrogen-bond donors (Lipinski definition) is 1. The molecule has 1 unspecified atom stereocenters. The molecule has 0 aliphatic carbocycles. The molecule has 94 valence electrons. The Morgan fingerprint density at radius 1 is 1.35 bits per heavy atom. The predicted molar refractivity (Wildman–Crippen MR) is 71.5 cm³/mol. The molecule has 0 spiro atoms. The maximum absolute atomic E-state index is 5.56. The first-order valence-electron chi connectivity index (χ1n) is 6.51. The highest BCUT2D eigenvalue weighted by atomic mass is 16.5. The monoisotopic (exact) mass is 233 g/mol. The summed E-state index contributed by atoms with van der Waals surface area (Å²) < 4.78 is 5.56. The number of rotatable bonds is 3. The van der Waals surface area contributed by atoms with Crippen molar-refractivity contribution in [1.82, 2.24) is 5.32 Å². The van der Waals surface area contributed by atoms with Crippen molar-refractivity contribution in [3.8, 4) is 5.75 Å². The smallest absolute Gasteiger partial charge is 0.122 e. The van der Waals surface area contributed by atoms with Gasteiger partial charge in [0, 0.05) is 12.5 Å². The van der Waals surface area contributed by atoms with E-state index >= 15 is 0 Å². The first-order chi connectivity index (χ1) is 8.02. The minimum absolute atomic E-state index is 0.226. The summed E-state index contributed by atoms with van der Waals surface area (Å²) in [5.74, 6) is 1.07. The van der Waals surface area contributed by atoms with Crippen molar-refractivity contribution in [2.75, 3.05) is 13.2 Å². The largest absolute Gasteiger partial charge is 0.493 e. The molecule has 0 amide bonds. The van der Waals surface area contributed by atoms with E-state index in [1.807, 2.05) is 0 Å². The molecular formula is C15H23NO. The molecule has 1 heterocycles. The van der Waals surface area contributed by atoms with Crippen molar-refractivity contribution in [2.24, 2.45) is 5.41 Å². The zero-order valence-electron chi connectivity index (χ0n) is 11.3. The number of benzene rings is 1. The number of fused-ring (bicyclic) bond motifs is 1. The second-order valence-corrected chi connectivity index (χ2v) is 5.82. The lowest BCUT2D eigenvalue weighted by atomic mass is 9.82. The number of ether oxygens (including phenoxy) is 1. The number of nitrogens with one attached hydrogen (secondary N) is 1. The van der Waals surface area contributed by atoms with E-state index in [9.17, 15) is 0 Å². The van der Waals surface area contributed by atoms with Crippen LogP contribution in [0.15, 0.2) is 18.2 Å². The molecule has 0 saturated heterocycles. The topological polar surface area (TPSA) is 21.3 Å². The summed E-state index contributed by atoms with van der Waals surface area (Å²) in [7, 11) is 0. The van der Waals surface area contributed by atoms with Gasteiger partial charge in [-0.15, -0.1) is 0 Å². The van der Waals surface area contributed by atoms with E-state index in [0.29, 0.717) is 6.04 Å². The molecule has 1 N–H and O–H groups in total. The zero-order chi connectivity index (χ0) is 12.5. The quantitative estimate of drug-likeness (QED) is 0.864. The van der Waals surface area contributed by atoms with Gasteiger partial charge in [-0.2, -0.15) is 0 Å². The third-order valence-corrected chi connectivity index (χ3v) is 3.32. The molecule has 1 aliphatic heterocycles. The summed E-state index contributed by atoms with van der Waals surface area (Å²) in [6, 6.07) is 7.02. The Morgan fingerprint density at radius 2 is 2.12 bits per heavy atom. The second-order valence-electron chi connectivity index (χ2n) is 5.82. The molecule has 1 aromatic carbocycles. The van der Waals surface area contributed by atoms with Crippen LogP contribution in [-0.2, 0) is 6.42 Å². The molecule has 0 radical (unpaired) electrons. The molecule has 17 heavy (non-hydrogen) atoms. The average molecular weight is 233 g/mol. The van der Waals surface area contributed by atoms with Gasteiger partial charge >= 0.3 is 0 Å². The van der Waals surface area contributed by atoms with Crippen LogP contribution in [0.1, 0.15) is 44.9 Å². The van der Waals surface area contributed by atoms with E-state index < -0.39 is 0 Å². The summed E-state index contributed by atoms with van der Waals surface area (Å²) in [6.07, 6.45) is 1.05. The molecule has 0 saturated carbocycles. The molecule has 2 rings (SSSR count). The van der Waals surface area contributed by atoms with E-state index in [4.69, 9.17) is 4.74 Å². The van der Waals surface area contributed by atoms with Crippen LogP contribution in [0, 0.1) is 5.41 Å². The fraction of sp³-hybridized carbons (Fsp3) is 0.600. The van der Waals surface area contributed by atoms with Crippen LogP contribution < -0.4 is 10.1 Å². The number of hydrogen-bond acceptors (Lipinski definition) is 2. The van der Waals surface area contributed by atoms with E-state index in [-0.39, 0.29) is 5.41 Å². The van der Waals surface area contributed by atoms with Crippen LogP contribution >= 0.6 is 0 Å². The summed E-state index contributed by atoms with van der Waals surface area (Å²) in [6.45, 7) is 10.8. The zero-order valence-corrected chi connectivity index (χ0v) is 11.3. The highest BCUT2D eigenvalue weighted by Gasteiger charge is 2.26. The van der Waals surface area contributed by atoms with E-state index in [1.54, 1.807) is 0 Å². The van der Waals surface area contributed by atoms with E-state index in [0.717, 1.165) is 25.3 Å². The molecule has 0 fully saturated rings. The molecule has 1 aromatic rings. The summed E-state index contributed by atoms with van der Waals surface area (Å²) in [5.41, 5.74) is 2.96. The van der Waals surface area contributed by atoms with Gasteiger partial charge in [-0.25, -0.2) is 0 Å². The van der Waals surface area contributed by atoms with Gasteiger partial charge in [0.1, 0.15) is 5.75 Å². The van der Waals surface area contributed by atoms with Crippen molar-refractivity contribution < 1.29 is 4.74 Å². The van der Waals surface area contributed by atoms with Gasteiger partial charge in [0.05, 0.1) is 6.61 Å². The summed E-state index contributed by atoms with van der Waals surface area (Å²) in [5, 5.41) is 3.59. The third-order valence-electron chi connectivity index (χ3n) is 3.32. The standard InChI is InChI=1S/C15H23NO/c1-5-16-14(15(2,3)4)12-6-7-13-11(10-12)8-9-17-13/h6-7,10,14,16H,5,8-9H2,1-4H3. The SMILES string of the molecule is CCNC(c1ccc2c(c1)CCO2)C(C)(C)C. The van der Waals surface area contributed by atoms with Crippen LogP contribution in [0.4, 0.5) is 0 Å². The van der Waals surface area contributed by atoms with Gasteiger partial charge in [-0.1, -0.05) is 39.8 Å². The average Bonchev–Trinajstić information content (AvgIpc) is 2.71. The van der Waals surface area contributed by atoms with Crippen LogP contribution in [-0.4, -0.2) is 13.2 Å². The fourth-order valence-electron chi connectivity index (χ4n) is 2.51. The molecule has 2 nitrogen and oxygen atoms in total. The van der Waals surface area contributed by atoms with Crippen molar-refractivity contribution in [1.29, 1.82) is 0 Å². The Bertz CT molecular complexity index is 392. The first-order valence-corrected chi connectivity index (χ1v) is 6.51. The minimum atomic E-state index is 0.226. The lowest BCUT2D eigenvalue weighted by molar-refractivity contribution is 0.276.